The fourth-order valence-electron chi connectivity index (χ4n) is 5.08. The number of pyridine rings is 2. The van der Waals surface area contributed by atoms with Gasteiger partial charge in [-0.2, -0.15) is 4.39 Å². The van der Waals surface area contributed by atoms with Crippen LogP contribution in [0.2, 0.25) is 0 Å². The zero-order valence-electron chi connectivity index (χ0n) is 19.9. The number of hydrogen-bond donors (Lipinski definition) is 1. The van der Waals surface area contributed by atoms with Gasteiger partial charge in [-0.15, -0.1) is 0 Å². The maximum Gasteiger partial charge on any atom is 0.270 e. The van der Waals surface area contributed by atoms with Crippen LogP contribution in [0.15, 0.2) is 24.3 Å². The molecule has 1 N–H and O–H groups in total. The molecule has 2 fully saturated rings. The molecule has 2 unspecified atom stereocenters. The molecule has 0 spiro atoms. The molecule has 1 aliphatic carbocycles. The maximum absolute atomic E-state index is 14.6. The highest BCUT2D eigenvalue weighted by atomic mass is 19.1. The van der Waals surface area contributed by atoms with E-state index in [-0.39, 0.29) is 12.2 Å². The van der Waals surface area contributed by atoms with Gasteiger partial charge in [-0.1, -0.05) is 13.0 Å². The smallest absolute Gasteiger partial charge is 0.270 e. The second-order valence-corrected chi connectivity index (χ2v) is 8.90. The Balaban J connectivity index is 1.33. The van der Waals surface area contributed by atoms with E-state index in [2.05, 4.69) is 34.3 Å². The lowest BCUT2D eigenvalue weighted by Crippen LogP contribution is -2.50. The lowest BCUT2D eigenvalue weighted by Gasteiger charge is -2.39. The predicted octanol–water partition coefficient (Wildman–Crippen LogP) is 3.34. The molecular formula is C25H33F2N5O2. The van der Waals surface area contributed by atoms with Crippen molar-refractivity contribution in [2.24, 2.45) is 0 Å². The van der Waals surface area contributed by atoms with Crippen molar-refractivity contribution in [1.29, 1.82) is 0 Å². The predicted molar refractivity (Wildman–Crippen MR) is 127 cm³/mol. The average molecular weight is 474 g/mol. The lowest BCUT2D eigenvalue weighted by atomic mass is 10.0. The van der Waals surface area contributed by atoms with Crippen LogP contribution >= 0.6 is 0 Å². The summed E-state index contributed by atoms with van der Waals surface area (Å²) in [5.41, 5.74) is 2.60. The molecule has 9 heteroatoms. The average Bonchev–Trinajstić information content (AvgIpc) is 3.37. The van der Waals surface area contributed by atoms with Crippen LogP contribution < -0.4 is 15.0 Å². The minimum Gasteiger partial charge on any atom is -0.481 e. The second kappa shape index (κ2) is 11.1. The van der Waals surface area contributed by atoms with Gasteiger partial charge in [0.15, 0.2) is 0 Å². The normalized spacial score (nSPS) is 21.0. The van der Waals surface area contributed by atoms with Crippen molar-refractivity contribution in [2.75, 3.05) is 51.4 Å². The summed E-state index contributed by atoms with van der Waals surface area (Å²) in [5.74, 6) is -0.0721. The molecule has 2 atom stereocenters. The maximum atomic E-state index is 14.6. The Morgan fingerprint density at radius 3 is 2.62 bits per heavy atom. The Bertz CT molecular complexity index is 997. The number of aromatic nitrogens is 2. The molecule has 7 nitrogen and oxygen atoms in total. The topological polar surface area (TPSA) is 70.6 Å². The molecular weight excluding hydrogens is 440 g/mol. The molecule has 0 aromatic carbocycles. The summed E-state index contributed by atoms with van der Waals surface area (Å²) in [5, 5.41) is 2.36. The Kier molecular flexibility index (Phi) is 7.92. The first-order valence-electron chi connectivity index (χ1n) is 12.1. The van der Waals surface area contributed by atoms with Gasteiger partial charge in [0, 0.05) is 55.9 Å². The number of nitrogens with zero attached hydrogens (tertiary/aromatic N) is 4. The number of aryl methyl sites for hydroxylation is 1. The van der Waals surface area contributed by atoms with Crippen LogP contribution in [0.1, 0.15) is 53.8 Å². The molecule has 0 radical (unpaired) electrons. The van der Waals surface area contributed by atoms with Crippen LogP contribution in [0.5, 0.6) is 5.88 Å². The zero-order chi connectivity index (χ0) is 24.1. The number of alkyl halides is 1. The Morgan fingerprint density at radius 1 is 1.15 bits per heavy atom. The third kappa shape index (κ3) is 5.29. The molecule has 184 valence electrons. The fraction of sp³-hybridized carbons (Fsp3) is 0.560. The van der Waals surface area contributed by atoms with Crippen molar-refractivity contribution in [3.63, 3.8) is 0 Å². The number of nitrogens with one attached hydrogen (secondary N) is 1. The third-order valence-electron chi connectivity index (χ3n) is 6.97. The summed E-state index contributed by atoms with van der Waals surface area (Å²) in [4.78, 5) is 24.9. The highest BCUT2D eigenvalue weighted by Gasteiger charge is 2.33. The van der Waals surface area contributed by atoms with Crippen LogP contribution in [0.25, 0.3) is 0 Å². The van der Waals surface area contributed by atoms with Gasteiger partial charge in [0.2, 0.25) is 11.8 Å². The first-order chi connectivity index (χ1) is 16.5. The largest absolute Gasteiger partial charge is 0.481 e. The molecule has 2 aromatic rings. The molecule has 0 bridgehead atoms. The second-order valence-electron chi connectivity index (χ2n) is 8.90. The van der Waals surface area contributed by atoms with E-state index in [0.717, 1.165) is 55.9 Å². The number of methoxy groups -OCH3 is 1. The first-order valence-corrected chi connectivity index (χ1v) is 12.1. The molecule has 2 aliphatic rings. The van der Waals surface area contributed by atoms with E-state index in [1.807, 2.05) is 4.90 Å². The van der Waals surface area contributed by atoms with Gasteiger partial charge in [-0.3, -0.25) is 9.69 Å². The number of hydrogen-bond acceptors (Lipinski definition) is 6. The van der Waals surface area contributed by atoms with Crippen molar-refractivity contribution in [3.05, 3.63) is 47.2 Å². The lowest BCUT2D eigenvalue weighted by molar-refractivity contribution is 0.0944. The Hall–Kier alpha value is -2.81. The highest BCUT2D eigenvalue weighted by Crippen LogP contribution is 2.37. The van der Waals surface area contributed by atoms with Gasteiger partial charge in [-0.25, -0.2) is 14.4 Å². The summed E-state index contributed by atoms with van der Waals surface area (Å²) in [7, 11) is 1.68. The van der Waals surface area contributed by atoms with E-state index in [4.69, 9.17) is 9.72 Å². The Labute approximate surface area is 199 Å². The number of rotatable bonds is 8. The van der Waals surface area contributed by atoms with Crippen LogP contribution in [0, 0.1) is 5.95 Å². The molecule has 1 saturated heterocycles. The molecule has 1 saturated carbocycles. The van der Waals surface area contributed by atoms with Crippen molar-refractivity contribution >= 4 is 11.6 Å². The van der Waals surface area contributed by atoms with Crippen LogP contribution in [0.4, 0.5) is 14.5 Å². The van der Waals surface area contributed by atoms with Crippen LogP contribution in [-0.2, 0) is 6.42 Å². The van der Waals surface area contributed by atoms with Crippen molar-refractivity contribution in [2.45, 2.75) is 44.6 Å². The van der Waals surface area contributed by atoms with E-state index in [0.29, 0.717) is 30.7 Å². The highest BCUT2D eigenvalue weighted by molar-refractivity contribution is 5.92. The van der Waals surface area contributed by atoms with Gasteiger partial charge in [0.1, 0.15) is 12.4 Å². The molecule has 34 heavy (non-hydrogen) atoms. The zero-order valence-corrected chi connectivity index (χ0v) is 19.9. The number of anilines is 1. The van der Waals surface area contributed by atoms with E-state index in [9.17, 15) is 13.6 Å². The number of ether oxygens (including phenoxy) is 1. The quantitative estimate of drug-likeness (QED) is 0.593. The number of amides is 1. The standard InChI is InChI=1S/C25H33F2N5O2/c1-3-17-5-7-20(30-25(17)34-2)18-4-6-19(16-18)31-12-14-32(15-13-31)22-9-8-21(29-23(22)27)24(33)28-11-10-26/h5,7-9,18-19H,3-4,6,10-16H2,1-2H3,(H,28,33). The van der Waals surface area contributed by atoms with Crippen molar-refractivity contribution in [1.82, 2.24) is 20.2 Å². The molecule has 4 rings (SSSR count). The fourth-order valence-corrected chi connectivity index (χ4v) is 5.08. The SMILES string of the molecule is CCc1ccc(C2CCC(N3CCN(c4ccc(C(=O)NCCF)nc4F)CC3)C2)nc1OC. The number of halogens is 2. The van der Waals surface area contributed by atoms with Gasteiger partial charge >= 0.3 is 0 Å². The summed E-state index contributed by atoms with van der Waals surface area (Å²) >= 11 is 0. The minimum atomic E-state index is -0.672. The number of carbonyl (C=O) groups is 1. The first kappa shape index (κ1) is 24.3. The van der Waals surface area contributed by atoms with Gasteiger partial charge in [-0.05, 0) is 43.9 Å². The molecule has 1 aliphatic heterocycles. The molecule has 2 aromatic heterocycles. The van der Waals surface area contributed by atoms with Gasteiger partial charge in [0.05, 0.1) is 12.8 Å². The summed E-state index contributed by atoms with van der Waals surface area (Å²) < 4.78 is 32.4. The van der Waals surface area contributed by atoms with Gasteiger partial charge in [0.25, 0.3) is 5.91 Å². The third-order valence-corrected chi connectivity index (χ3v) is 6.97. The van der Waals surface area contributed by atoms with E-state index in [1.54, 1.807) is 13.2 Å². The van der Waals surface area contributed by atoms with Crippen LogP contribution in [0.3, 0.4) is 0 Å². The van der Waals surface area contributed by atoms with Gasteiger partial charge < -0.3 is 15.0 Å². The summed E-state index contributed by atoms with van der Waals surface area (Å²) in [6.07, 6.45) is 4.21. The molecule has 1 amide bonds. The number of carbonyl (C=O) groups excluding carboxylic acids is 1. The van der Waals surface area contributed by atoms with Crippen LogP contribution in [-0.4, -0.2) is 73.3 Å². The van der Waals surface area contributed by atoms with Crippen molar-refractivity contribution < 1.29 is 18.3 Å². The monoisotopic (exact) mass is 473 g/mol. The van der Waals surface area contributed by atoms with E-state index < -0.39 is 18.5 Å². The Morgan fingerprint density at radius 2 is 1.94 bits per heavy atom. The summed E-state index contributed by atoms with van der Waals surface area (Å²) in [6, 6.07) is 7.85. The summed E-state index contributed by atoms with van der Waals surface area (Å²) in [6.45, 7) is 4.42. The van der Waals surface area contributed by atoms with E-state index in [1.165, 1.54) is 6.07 Å². The molecule has 3 heterocycles. The van der Waals surface area contributed by atoms with Crippen molar-refractivity contribution in [3.8, 4) is 5.88 Å². The number of piperazine rings is 1. The van der Waals surface area contributed by atoms with E-state index >= 15 is 0 Å². The minimum absolute atomic E-state index is 0.0393.